The lowest BCUT2D eigenvalue weighted by atomic mass is 10.0. The van der Waals surface area contributed by atoms with Gasteiger partial charge in [-0.2, -0.15) is 4.98 Å². The minimum absolute atomic E-state index is 0.0113. The molecule has 8 nitrogen and oxygen atoms in total. The number of anilines is 3. The summed E-state index contributed by atoms with van der Waals surface area (Å²) in [5.41, 5.74) is 11.1. The van der Waals surface area contributed by atoms with E-state index < -0.39 is 5.91 Å². The van der Waals surface area contributed by atoms with E-state index in [9.17, 15) is 4.79 Å². The van der Waals surface area contributed by atoms with Gasteiger partial charge in [-0.1, -0.05) is 44.6 Å². The molecule has 1 aliphatic carbocycles. The largest absolute Gasteiger partial charge is 0.478 e. The van der Waals surface area contributed by atoms with Crippen molar-refractivity contribution in [3.63, 3.8) is 0 Å². The Morgan fingerprint density at radius 2 is 1.81 bits per heavy atom. The zero-order valence-corrected chi connectivity index (χ0v) is 15.1. The van der Waals surface area contributed by atoms with Crippen molar-refractivity contribution in [2.45, 2.75) is 45.4 Å². The highest BCUT2D eigenvalue weighted by molar-refractivity contribution is 5.97. The molecule has 2 aromatic heterocycles. The van der Waals surface area contributed by atoms with Crippen LogP contribution in [0, 0.1) is 0 Å². The molecule has 5 N–H and O–H groups in total. The predicted octanol–water partition coefficient (Wildman–Crippen LogP) is 3.04. The molecule has 3 rings (SSSR count). The first-order chi connectivity index (χ1) is 12.6. The lowest BCUT2D eigenvalue weighted by molar-refractivity contribution is 0.0995. The van der Waals surface area contributed by atoms with Crippen LogP contribution in [0.1, 0.15) is 55.9 Å². The fourth-order valence-corrected chi connectivity index (χ4v) is 2.60. The van der Waals surface area contributed by atoms with Gasteiger partial charge in [-0.05, 0) is 13.0 Å². The van der Waals surface area contributed by atoms with Crippen LogP contribution in [0.4, 0.5) is 17.3 Å². The number of nitrogens with two attached hydrogens (primary N) is 2. The fourth-order valence-electron chi connectivity index (χ4n) is 2.60. The van der Waals surface area contributed by atoms with E-state index in [0.29, 0.717) is 24.0 Å². The average molecular weight is 358 g/mol. The maximum absolute atomic E-state index is 11.3. The van der Waals surface area contributed by atoms with E-state index in [1.54, 1.807) is 18.2 Å². The number of nitrogens with zero attached hydrogens (tertiary/aromatic N) is 3. The van der Waals surface area contributed by atoms with Gasteiger partial charge in [0.05, 0.1) is 12.3 Å². The van der Waals surface area contributed by atoms with Crippen molar-refractivity contribution >= 4 is 23.2 Å². The van der Waals surface area contributed by atoms with E-state index >= 15 is 0 Å². The lowest BCUT2D eigenvalue weighted by Gasteiger charge is -2.09. The summed E-state index contributed by atoms with van der Waals surface area (Å²) in [6.45, 7) is 2.37. The Hall–Kier alpha value is -2.90. The number of carbonyl (C=O) groups is 1. The van der Waals surface area contributed by atoms with E-state index in [1.807, 2.05) is 6.92 Å². The molecular weight excluding hydrogens is 332 g/mol. The quantitative estimate of drug-likeness (QED) is 0.749. The smallest absolute Gasteiger partial charge is 0.271 e. The lowest BCUT2D eigenvalue weighted by Crippen LogP contribution is -2.17. The molecule has 0 saturated heterocycles. The van der Waals surface area contributed by atoms with Crippen molar-refractivity contribution in [1.29, 1.82) is 0 Å². The number of amides is 1. The van der Waals surface area contributed by atoms with Crippen LogP contribution in [0.5, 0.6) is 5.88 Å². The van der Waals surface area contributed by atoms with Gasteiger partial charge in [-0.25, -0.2) is 0 Å². The van der Waals surface area contributed by atoms with Crippen LogP contribution in [0.15, 0.2) is 24.3 Å². The molecule has 2 heterocycles. The Kier molecular flexibility index (Phi) is 7.60. The van der Waals surface area contributed by atoms with Crippen LogP contribution in [-0.4, -0.2) is 27.7 Å². The Bertz CT molecular complexity index is 707. The molecule has 0 atom stereocenters. The fraction of sp³-hybridized carbons (Fsp3) is 0.444. The summed E-state index contributed by atoms with van der Waals surface area (Å²) in [6, 6.07) is 6.66. The van der Waals surface area contributed by atoms with Crippen molar-refractivity contribution in [3.8, 4) is 5.88 Å². The molecular formula is C18H26N6O2. The van der Waals surface area contributed by atoms with Gasteiger partial charge in [-0.3, -0.25) is 4.79 Å². The average Bonchev–Trinajstić information content (AvgIpc) is 2.64. The Morgan fingerprint density at radius 1 is 1.15 bits per heavy atom. The van der Waals surface area contributed by atoms with Crippen LogP contribution in [0.3, 0.4) is 0 Å². The first-order valence-corrected chi connectivity index (χ1v) is 8.90. The summed E-state index contributed by atoms with van der Waals surface area (Å²) in [5.74, 6) is 0.401. The second-order valence-corrected chi connectivity index (χ2v) is 5.94. The van der Waals surface area contributed by atoms with Gasteiger partial charge in [-0.15, -0.1) is 10.2 Å². The third-order valence-corrected chi connectivity index (χ3v) is 3.82. The topological polar surface area (TPSA) is 129 Å². The number of pyridine rings is 1. The highest BCUT2D eigenvalue weighted by Gasteiger charge is 2.12. The van der Waals surface area contributed by atoms with Crippen LogP contribution < -0.4 is 21.5 Å². The Balaban J connectivity index is 0.000000342. The molecule has 0 spiro atoms. The third kappa shape index (κ3) is 6.19. The minimum atomic E-state index is -0.707. The Morgan fingerprint density at radius 3 is 2.38 bits per heavy atom. The zero-order valence-electron chi connectivity index (χ0n) is 15.1. The second-order valence-electron chi connectivity index (χ2n) is 5.94. The molecule has 0 unspecified atom stereocenters. The number of hydrogen-bond acceptors (Lipinski definition) is 7. The maximum atomic E-state index is 11.3. The molecule has 1 fully saturated rings. The third-order valence-electron chi connectivity index (χ3n) is 3.82. The number of aromatic nitrogens is 3. The maximum Gasteiger partial charge on any atom is 0.271 e. The molecule has 26 heavy (non-hydrogen) atoms. The first kappa shape index (κ1) is 19.4. The van der Waals surface area contributed by atoms with Crippen molar-refractivity contribution in [1.82, 2.24) is 15.2 Å². The number of nitrogen functional groups attached to an aromatic ring is 1. The number of carbonyl (C=O) groups excluding carboxylic acids is 1. The SMILES string of the molecule is C1CCCCC1.CCOc1cccc(Nc2cc(N)nnc2C(N)=O)n1. The van der Waals surface area contributed by atoms with Gasteiger partial charge in [0.25, 0.3) is 5.91 Å². The van der Waals surface area contributed by atoms with Gasteiger partial charge in [0.2, 0.25) is 5.88 Å². The molecule has 1 saturated carbocycles. The molecule has 1 aliphatic rings. The summed E-state index contributed by atoms with van der Waals surface area (Å²) in [7, 11) is 0. The summed E-state index contributed by atoms with van der Waals surface area (Å²) in [6.07, 6.45) is 9.00. The normalized spacial score (nSPS) is 13.3. The molecule has 1 amide bonds. The minimum Gasteiger partial charge on any atom is -0.478 e. The van der Waals surface area contributed by atoms with Crippen LogP contribution in [-0.2, 0) is 0 Å². The van der Waals surface area contributed by atoms with Crippen molar-refractivity contribution in [2.75, 3.05) is 17.7 Å². The molecule has 0 aliphatic heterocycles. The van der Waals surface area contributed by atoms with Crippen molar-refractivity contribution in [3.05, 3.63) is 30.0 Å². The summed E-state index contributed by atoms with van der Waals surface area (Å²) < 4.78 is 5.29. The van der Waals surface area contributed by atoms with E-state index in [1.165, 1.54) is 44.6 Å². The molecule has 140 valence electrons. The molecule has 2 aromatic rings. The highest BCUT2D eigenvalue weighted by atomic mass is 16.5. The van der Waals surface area contributed by atoms with Crippen LogP contribution >= 0.6 is 0 Å². The number of hydrogen-bond donors (Lipinski definition) is 3. The number of nitrogens with one attached hydrogen (secondary N) is 1. The van der Waals surface area contributed by atoms with E-state index in [4.69, 9.17) is 16.2 Å². The van der Waals surface area contributed by atoms with Gasteiger partial charge < -0.3 is 21.5 Å². The Labute approximate surface area is 153 Å². The molecule has 0 radical (unpaired) electrons. The standard InChI is InChI=1S/C12H14N6O2.C6H12/c1-2-20-10-5-3-4-9(16-10)15-7-6-8(13)17-18-11(7)12(14)19;1-2-4-6-5-3-1/h3-6H,2H2,1H3,(H2,14,19)(H3,13,15,16,17);1-6H2. The summed E-state index contributed by atoms with van der Waals surface area (Å²) in [5, 5.41) is 10.2. The van der Waals surface area contributed by atoms with Crippen molar-refractivity contribution < 1.29 is 9.53 Å². The molecule has 8 heteroatoms. The van der Waals surface area contributed by atoms with E-state index in [-0.39, 0.29) is 11.5 Å². The first-order valence-electron chi connectivity index (χ1n) is 8.90. The second kappa shape index (κ2) is 10.2. The molecule has 0 bridgehead atoms. The van der Waals surface area contributed by atoms with Gasteiger partial charge >= 0.3 is 0 Å². The van der Waals surface area contributed by atoms with Crippen molar-refractivity contribution in [2.24, 2.45) is 5.73 Å². The summed E-state index contributed by atoms with van der Waals surface area (Å²) in [4.78, 5) is 15.5. The van der Waals surface area contributed by atoms with Gasteiger partial charge in [0.15, 0.2) is 5.69 Å². The summed E-state index contributed by atoms with van der Waals surface area (Å²) >= 11 is 0. The molecule has 0 aromatic carbocycles. The number of ether oxygens (including phenoxy) is 1. The van der Waals surface area contributed by atoms with E-state index in [2.05, 4.69) is 20.5 Å². The zero-order chi connectivity index (χ0) is 18.8. The van der Waals surface area contributed by atoms with Crippen LogP contribution in [0.25, 0.3) is 0 Å². The van der Waals surface area contributed by atoms with Gasteiger partial charge in [0, 0.05) is 12.1 Å². The van der Waals surface area contributed by atoms with E-state index in [0.717, 1.165) is 0 Å². The highest BCUT2D eigenvalue weighted by Crippen LogP contribution is 2.20. The number of rotatable bonds is 5. The van der Waals surface area contributed by atoms with Gasteiger partial charge in [0.1, 0.15) is 11.6 Å². The monoisotopic (exact) mass is 358 g/mol. The predicted molar refractivity (Wildman–Crippen MR) is 101 cm³/mol. The number of primary amides is 1. The van der Waals surface area contributed by atoms with Crippen LogP contribution in [0.2, 0.25) is 0 Å².